The van der Waals surface area contributed by atoms with E-state index in [1.54, 1.807) is 0 Å². The van der Waals surface area contributed by atoms with Crippen LogP contribution in [0.1, 0.15) is 170 Å². The van der Waals surface area contributed by atoms with E-state index in [-0.39, 0.29) is 21.6 Å². The fourth-order valence-electron chi connectivity index (χ4n) is 4.98. The lowest BCUT2D eigenvalue weighted by molar-refractivity contribution is -0.123. The normalized spacial score (nSPS) is 12.2. The smallest absolute Gasteiger partial charge is 0.189 e. The molecule has 0 rings (SSSR count). The van der Waals surface area contributed by atoms with Crippen LogP contribution in [0.3, 0.4) is 0 Å². The molecule has 0 aromatic carbocycles. The molecule has 0 amide bonds. The van der Waals surface area contributed by atoms with E-state index in [0.717, 1.165) is 0 Å². The third-order valence-corrected chi connectivity index (χ3v) is 10.5. The van der Waals surface area contributed by atoms with Crippen LogP contribution < -0.4 is 0 Å². The lowest BCUT2D eigenvalue weighted by Gasteiger charge is -2.27. The van der Waals surface area contributed by atoms with Crippen molar-refractivity contribution < 1.29 is 4.79 Å². The van der Waals surface area contributed by atoms with E-state index in [9.17, 15) is 4.79 Å². The van der Waals surface area contributed by atoms with Gasteiger partial charge < -0.3 is 0 Å². The van der Waals surface area contributed by atoms with Crippen LogP contribution in [0, 0.1) is 5.92 Å². The number of carbonyl (C=O) groups excluding carboxylic acids is 1. The van der Waals surface area contributed by atoms with Crippen molar-refractivity contribution in [3.8, 4) is 0 Å². The molecule has 0 saturated carbocycles. The summed E-state index contributed by atoms with van der Waals surface area (Å²) in [6, 6.07) is 0. The molecule has 0 spiro atoms. The van der Waals surface area contributed by atoms with E-state index >= 15 is 0 Å². The van der Waals surface area contributed by atoms with Crippen LogP contribution in [0.15, 0.2) is 0 Å². The molecular weight excluding hydrogens is 420 g/mol. The molecule has 0 atom stereocenters. The highest BCUT2D eigenvalue weighted by atomic mass is 32.2. The molecule has 0 aliphatic carbocycles. The zero-order valence-electron chi connectivity index (χ0n) is 24.0. The van der Waals surface area contributed by atoms with Crippen LogP contribution >= 0.6 is 0 Å². The van der Waals surface area contributed by atoms with Crippen LogP contribution in [-0.4, -0.2) is 22.0 Å². The fourth-order valence-corrected chi connectivity index (χ4v) is 7.83. The molecule has 198 valence electrons. The standard InChI is InChI=1S/C31H63OS/c1-7-9-11-13-15-17-19-21-23-25-27-33(31(5,6)30(32)29(3)4)28-26-24-22-20-18-16-14-12-10-8-2/h29H,7-28H2,1-6H3/q+1. The van der Waals surface area contributed by atoms with Crippen molar-refractivity contribution in [3.05, 3.63) is 0 Å². The quantitative estimate of drug-likeness (QED) is 0.0931. The van der Waals surface area contributed by atoms with Crippen LogP contribution in [0.25, 0.3) is 0 Å². The van der Waals surface area contributed by atoms with Crippen LogP contribution in [0.4, 0.5) is 0 Å². The Hall–Kier alpha value is 0.0200. The number of ketones is 1. The number of hydrogen-bond acceptors (Lipinski definition) is 1. The zero-order valence-corrected chi connectivity index (χ0v) is 24.8. The summed E-state index contributed by atoms with van der Waals surface area (Å²) < 4.78 is -0.132. The zero-order chi connectivity index (χ0) is 24.8. The first kappa shape index (κ1) is 33.0. The van der Waals surface area contributed by atoms with E-state index in [4.69, 9.17) is 0 Å². The van der Waals surface area contributed by atoms with Crippen molar-refractivity contribution in [3.63, 3.8) is 0 Å². The molecule has 2 heteroatoms. The maximum Gasteiger partial charge on any atom is 0.189 e. The molecule has 0 unspecified atom stereocenters. The molecule has 0 N–H and O–H groups in total. The first-order valence-electron chi connectivity index (χ1n) is 15.1. The first-order valence-corrected chi connectivity index (χ1v) is 16.7. The average molecular weight is 484 g/mol. The molecule has 0 aliphatic heterocycles. The monoisotopic (exact) mass is 483 g/mol. The fraction of sp³-hybridized carbons (Fsp3) is 0.968. The highest BCUT2D eigenvalue weighted by Gasteiger charge is 2.45. The Kier molecular flexibility index (Phi) is 22.5. The summed E-state index contributed by atoms with van der Waals surface area (Å²) >= 11 is 0. The van der Waals surface area contributed by atoms with Crippen LogP contribution in [0.5, 0.6) is 0 Å². The SMILES string of the molecule is CCCCCCCCCCCC[S+](CCCCCCCCCCCC)C(C)(C)C(=O)C(C)C. The molecule has 0 fully saturated rings. The summed E-state index contributed by atoms with van der Waals surface area (Å²) in [6.45, 7) is 13.3. The Morgan fingerprint density at radius 1 is 0.545 bits per heavy atom. The van der Waals surface area contributed by atoms with Gasteiger partial charge in [0.1, 0.15) is 11.5 Å². The van der Waals surface area contributed by atoms with Gasteiger partial charge in [-0.2, -0.15) is 0 Å². The lowest BCUT2D eigenvalue weighted by Crippen LogP contribution is -2.45. The van der Waals surface area contributed by atoms with Gasteiger partial charge in [-0.05, 0) is 39.5 Å². The molecule has 0 saturated heterocycles. The van der Waals surface area contributed by atoms with Gasteiger partial charge >= 0.3 is 0 Å². The molecule has 0 aliphatic rings. The second-order valence-electron chi connectivity index (χ2n) is 11.3. The second kappa shape index (κ2) is 22.5. The third-order valence-electron chi connectivity index (χ3n) is 7.33. The Labute approximate surface area is 213 Å². The molecule has 1 nitrogen and oxygen atoms in total. The summed E-state index contributed by atoms with van der Waals surface area (Å²) in [6.07, 6.45) is 27.9. The summed E-state index contributed by atoms with van der Waals surface area (Å²) in [4.78, 5) is 13.0. The molecule has 0 aromatic rings. The van der Waals surface area contributed by atoms with Gasteiger partial charge in [0.15, 0.2) is 10.5 Å². The molecule has 0 radical (unpaired) electrons. The van der Waals surface area contributed by atoms with Crippen LogP contribution in [0.2, 0.25) is 0 Å². The maximum atomic E-state index is 13.0. The van der Waals surface area contributed by atoms with Gasteiger partial charge in [-0.3, -0.25) is 4.79 Å². The minimum Gasteiger partial charge on any atom is -0.293 e. The summed E-state index contributed by atoms with van der Waals surface area (Å²) in [5.74, 6) is 3.21. The second-order valence-corrected chi connectivity index (χ2v) is 14.1. The summed E-state index contributed by atoms with van der Waals surface area (Å²) in [5.41, 5.74) is 0. The Bertz CT molecular complexity index is 405. The Morgan fingerprint density at radius 2 is 0.818 bits per heavy atom. The minimum atomic E-state index is -0.132. The Morgan fingerprint density at radius 3 is 1.09 bits per heavy atom. The highest BCUT2D eigenvalue weighted by Crippen LogP contribution is 2.28. The molecule has 0 heterocycles. The summed E-state index contributed by atoms with van der Waals surface area (Å²) in [5, 5.41) is 0. The third kappa shape index (κ3) is 18.0. The van der Waals surface area contributed by atoms with Gasteiger partial charge in [0.05, 0.1) is 0 Å². The van der Waals surface area contributed by atoms with Crippen molar-refractivity contribution in [2.75, 3.05) is 11.5 Å². The van der Waals surface area contributed by atoms with Gasteiger partial charge in [-0.15, -0.1) is 0 Å². The molecule has 0 aromatic heterocycles. The number of carbonyl (C=O) groups is 1. The van der Waals surface area contributed by atoms with E-state index in [1.807, 2.05) is 0 Å². The van der Waals surface area contributed by atoms with E-state index in [2.05, 4.69) is 41.5 Å². The van der Waals surface area contributed by atoms with Crippen molar-refractivity contribution in [2.24, 2.45) is 5.92 Å². The predicted octanol–water partition coefficient (Wildman–Crippen LogP) is 10.5. The van der Waals surface area contributed by atoms with Gasteiger partial charge in [0.25, 0.3) is 0 Å². The van der Waals surface area contributed by atoms with Crippen LogP contribution in [-0.2, 0) is 15.7 Å². The van der Waals surface area contributed by atoms with Crippen molar-refractivity contribution in [2.45, 2.75) is 175 Å². The van der Waals surface area contributed by atoms with Gasteiger partial charge in [0.2, 0.25) is 0 Å². The van der Waals surface area contributed by atoms with Gasteiger partial charge in [0, 0.05) is 16.8 Å². The molecule has 33 heavy (non-hydrogen) atoms. The number of rotatable bonds is 25. The van der Waals surface area contributed by atoms with Gasteiger partial charge in [-0.25, -0.2) is 0 Å². The van der Waals surface area contributed by atoms with Crippen molar-refractivity contribution in [1.29, 1.82) is 0 Å². The predicted molar refractivity (Wildman–Crippen MR) is 155 cm³/mol. The van der Waals surface area contributed by atoms with E-state index in [0.29, 0.717) is 5.78 Å². The number of Topliss-reactive ketones (excluding diaryl/α,β-unsaturated/α-hetero) is 1. The average Bonchev–Trinajstić information content (AvgIpc) is 2.79. The lowest BCUT2D eigenvalue weighted by atomic mass is 9.98. The minimum absolute atomic E-state index is 0.132. The van der Waals surface area contributed by atoms with Gasteiger partial charge in [-0.1, -0.05) is 130 Å². The van der Waals surface area contributed by atoms with E-state index in [1.165, 1.54) is 140 Å². The Balaban J connectivity index is 4.17. The maximum absolute atomic E-state index is 13.0. The largest absolute Gasteiger partial charge is 0.293 e. The van der Waals surface area contributed by atoms with Crippen molar-refractivity contribution >= 4 is 16.7 Å². The first-order chi connectivity index (χ1) is 15.9. The number of hydrogen-bond donors (Lipinski definition) is 0. The summed E-state index contributed by atoms with van der Waals surface area (Å²) in [7, 11) is 0.240. The highest BCUT2D eigenvalue weighted by molar-refractivity contribution is 7.98. The number of unbranched alkanes of at least 4 members (excludes halogenated alkanes) is 18. The molecule has 0 bridgehead atoms. The van der Waals surface area contributed by atoms with E-state index < -0.39 is 0 Å². The topological polar surface area (TPSA) is 17.1 Å². The molecular formula is C31H63OS+. The van der Waals surface area contributed by atoms with Crippen molar-refractivity contribution in [1.82, 2.24) is 0 Å².